The molecule has 2 aromatic rings. The summed E-state index contributed by atoms with van der Waals surface area (Å²) in [4.78, 5) is 12.4. The SMILES string of the molecule is C[C@@H](OC(=O)CCc1ccc(S(=O)(=O)N2CCCCC2)cc1)c1ccccc1. The van der Waals surface area contributed by atoms with Crippen LogP contribution in [0.15, 0.2) is 59.5 Å². The van der Waals surface area contributed by atoms with E-state index in [-0.39, 0.29) is 18.5 Å². The van der Waals surface area contributed by atoms with Crippen molar-refractivity contribution in [2.24, 2.45) is 0 Å². The van der Waals surface area contributed by atoms with Gasteiger partial charge in [-0.25, -0.2) is 8.42 Å². The van der Waals surface area contributed by atoms with E-state index in [0.717, 1.165) is 30.4 Å². The summed E-state index contributed by atoms with van der Waals surface area (Å²) in [5, 5.41) is 0. The molecule has 0 radical (unpaired) electrons. The molecule has 1 heterocycles. The van der Waals surface area contributed by atoms with E-state index in [0.29, 0.717) is 24.4 Å². The minimum atomic E-state index is -3.41. The lowest BCUT2D eigenvalue weighted by Gasteiger charge is -2.25. The molecular weight excluding hydrogens is 374 g/mol. The van der Waals surface area contributed by atoms with Gasteiger partial charge in [0.1, 0.15) is 6.10 Å². The van der Waals surface area contributed by atoms with Crippen LogP contribution in [-0.4, -0.2) is 31.8 Å². The Hall–Kier alpha value is -2.18. The Bertz CT molecular complexity index is 873. The number of aryl methyl sites for hydroxylation is 1. The third kappa shape index (κ3) is 5.20. The van der Waals surface area contributed by atoms with Gasteiger partial charge in [-0.15, -0.1) is 0 Å². The van der Waals surface area contributed by atoms with Gasteiger partial charge in [0, 0.05) is 19.5 Å². The molecule has 0 bridgehead atoms. The van der Waals surface area contributed by atoms with Crippen molar-refractivity contribution in [3.63, 3.8) is 0 Å². The maximum absolute atomic E-state index is 12.7. The van der Waals surface area contributed by atoms with Gasteiger partial charge in [0.2, 0.25) is 10.0 Å². The normalized spacial score (nSPS) is 16.5. The second-order valence-electron chi connectivity index (χ2n) is 7.15. The first-order valence-electron chi connectivity index (χ1n) is 9.80. The number of rotatable bonds is 7. The molecule has 5 nitrogen and oxygen atoms in total. The first-order chi connectivity index (χ1) is 13.5. The van der Waals surface area contributed by atoms with Gasteiger partial charge in [0.05, 0.1) is 4.90 Å². The maximum Gasteiger partial charge on any atom is 0.306 e. The Morgan fingerprint density at radius 2 is 1.64 bits per heavy atom. The predicted octanol–water partition coefficient (Wildman–Crippen LogP) is 4.10. The standard InChI is InChI=1S/C22H27NO4S/c1-18(20-8-4-2-5-9-20)27-22(24)15-12-19-10-13-21(14-11-19)28(25,26)23-16-6-3-7-17-23/h2,4-5,8-11,13-14,18H,3,6-7,12,15-17H2,1H3/t18-/m1/s1. The van der Waals surface area contributed by atoms with Crippen LogP contribution in [0.3, 0.4) is 0 Å². The van der Waals surface area contributed by atoms with Crippen LogP contribution >= 0.6 is 0 Å². The van der Waals surface area contributed by atoms with Crippen molar-refractivity contribution in [2.45, 2.75) is 50.0 Å². The number of hydrogen-bond acceptors (Lipinski definition) is 4. The fourth-order valence-electron chi connectivity index (χ4n) is 3.38. The Balaban J connectivity index is 1.53. The number of carbonyl (C=O) groups excluding carboxylic acids is 1. The molecular formula is C22H27NO4S. The molecule has 0 saturated carbocycles. The molecule has 3 rings (SSSR count). The Morgan fingerprint density at radius 3 is 2.29 bits per heavy atom. The molecule has 0 unspecified atom stereocenters. The maximum atomic E-state index is 12.7. The minimum absolute atomic E-state index is 0.259. The second kappa shape index (κ2) is 9.34. The van der Waals surface area contributed by atoms with Crippen molar-refractivity contribution in [2.75, 3.05) is 13.1 Å². The Morgan fingerprint density at radius 1 is 1.00 bits per heavy atom. The van der Waals surface area contributed by atoms with Gasteiger partial charge in [-0.1, -0.05) is 48.9 Å². The van der Waals surface area contributed by atoms with E-state index in [4.69, 9.17) is 4.74 Å². The van der Waals surface area contributed by atoms with Crippen LogP contribution in [0.5, 0.6) is 0 Å². The van der Waals surface area contributed by atoms with Gasteiger partial charge in [-0.05, 0) is 49.4 Å². The molecule has 1 fully saturated rings. The topological polar surface area (TPSA) is 63.7 Å². The third-order valence-corrected chi connectivity index (χ3v) is 6.98. The zero-order valence-electron chi connectivity index (χ0n) is 16.2. The third-order valence-electron chi connectivity index (χ3n) is 5.07. The minimum Gasteiger partial charge on any atom is -0.458 e. The average Bonchev–Trinajstić information content (AvgIpc) is 2.74. The molecule has 6 heteroatoms. The van der Waals surface area contributed by atoms with Gasteiger partial charge in [0.25, 0.3) is 0 Å². The van der Waals surface area contributed by atoms with Crippen molar-refractivity contribution < 1.29 is 17.9 Å². The second-order valence-corrected chi connectivity index (χ2v) is 9.09. The number of esters is 1. The van der Waals surface area contributed by atoms with E-state index in [1.807, 2.05) is 37.3 Å². The first-order valence-corrected chi connectivity index (χ1v) is 11.2. The molecule has 0 aromatic heterocycles. The average molecular weight is 402 g/mol. The summed E-state index contributed by atoms with van der Waals surface area (Å²) in [6.45, 7) is 3.04. The van der Waals surface area contributed by atoms with Crippen molar-refractivity contribution in [3.8, 4) is 0 Å². The van der Waals surface area contributed by atoms with E-state index >= 15 is 0 Å². The highest BCUT2D eigenvalue weighted by molar-refractivity contribution is 7.89. The van der Waals surface area contributed by atoms with Gasteiger partial charge < -0.3 is 4.74 Å². The lowest BCUT2D eigenvalue weighted by molar-refractivity contribution is -0.148. The molecule has 150 valence electrons. The number of piperidine rings is 1. The van der Waals surface area contributed by atoms with Gasteiger partial charge in [-0.3, -0.25) is 4.79 Å². The van der Waals surface area contributed by atoms with Crippen molar-refractivity contribution in [1.82, 2.24) is 4.31 Å². The number of nitrogens with zero attached hydrogens (tertiary/aromatic N) is 1. The number of benzene rings is 2. The van der Waals surface area contributed by atoms with E-state index in [2.05, 4.69) is 0 Å². The largest absolute Gasteiger partial charge is 0.458 e. The summed E-state index contributed by atoms with van der Waals surface area (Å²) in [5.41, 5.74) is 1.88. The zero-order valence-corrected chi connectivity index (χ0v) is 17.0. The molecule has 0 amide bonds. The molecule has 2 aromatic carbocycles. The summed E-state index contributed by atoms with van der Waals surface area (Å²) in [7, 11) is -3.41. The molecule has 0 spiro atoms. The van der Waals surface area contributed by atoms with Crippen molar-refractivity contribution in [3.05, 3.63) is 65.7 Å². The van der Waals surface area contributed by atoms with Crippen molar-refractivity contribution in [1.29, 1.82) is 0 Å². The van der Waals surface area contributed by atoms with Crippen LogP contribution < -0.4 is 0 Å². The van der Waals surface area contributed by atoms with Crippen LogP contribution in [0.2, 0.25) is 0 Å². The van der Waals surface area contributed by atoms with E-state index in [9.17, 15) is 13.2 Å². The van der Waals surface area contributed by atoms with Gasteiger partial charge in [0.15, 0.2) is 0 Å². The monoisotopic (exact) mass is 401 g/mol. The summed E-state index contributed by atoms with van der Waals surface area (Å²) >= 11 is 0. The number of carbonyl (C=O) groups is 1. The predicted molar refractivity (Wildman–Crippen MR) is 108 cm³/mol. The fourth-order valence-corrected chi connectivity index (χ4v) is 4.89. The molecule has 1 aliphatic heterocycles. The highest BCUT2D eigenvalue weighted by atomic mass is 32.2. The highest BCUT2D eigenvalue weighted by Gasteiger charge is 2.25. The Labute approximate surface area is 167 Å². The van der Waals surface area contributed by atoms with Crippen LogP contribution in [0.25, 0.3) is 0 Å². The summed E-state index contributed by atoms with van der Waals surface area (Å²) in [5.74, 6) is -0.263. The zero-order chi connectivity index (χ0) is 20.0. The molecule has 1 aliphatic rings. The summed E-state index contributed by atoms with van der Waals surface area (Å²) in [6, 6.07) is 16.5. The molecule has 28 heavy (non-hydrogen) atoms. The quantitative estimate of drug-likeness (QED) is 0.655. The van der Waals surface area contributed by atoms with Crippen LogP contribution in [-0.2, 0) is 26.0 Å². The summed E-state index contributed by atoms with van der Waals surface area (Å²) < 4.78 is 32.4. The van der Waals surface area contributed by atoms with E-state index in [1.165, 1.54) is 0 Å². The van der Waals surface area contributed by atoms with Crippen molar-refractivity contribution >= 4 is 16.0 Å². The van der Waals surface area contributed by atoms with E-state index in [1.54, 1.807) is 28.6 Å². The van der Waals surface area contributed by atoms with Gasteiger partial charge in [-0.2, -0.15) is 4.31 Å². The lowest BCUT2D eigenvalue weighted by atomic mass is 10.1. The van der Waals surface area contributed by atoms with Crippen LogP contribution in [0.1, 0.15) is 49.8 Å². The van der Waals surface area contributed by atoms with E-state index < -0.39 is 10.0 Å². The Kier molecular flexibility index (Phi) is 6.86. The smallest absolute Gasteiger partial charge is 0.306 e. The fraction of sp³-hybridized carbons (Fsp3) is 0.409. The van der Waals surface area contributed by atoms with Crippen LogP contribution in [0, 0.1) is 0 Å². The number of hydrogen-bond donors (Lipinski definition) is 0. The molecule has 1 saturated heterocycles. The van der Waals surface area contributed by atoms with Gasteiger partial charge >= 0.3 is 5.97 Å². The molecule has 0 N–H and O–H groups in total. The number of ether oxygens (including phenoxy) is 1. The summed E-state index contributed by atoms with van der Waals surface area (Å²) in [6.07, 6.45) is 3.41. The lowest BCUT2D eigenvalue weighted by Crippen LogP contribution is -2.35. The first kappa shape index (κ1) is 20.6. The molecule has 0 aliphatic carbocycles. The molecule has 1 atom stereocenters. The van der Waals surface area contributed by atoms with Crippen LogP contribution in [0.4, 0.5) is 0 Å². The number of sulfonamides is 1. The highest BCUT2D eigenvalue weighted by Crippen LogP contribution is 2.22.